The zero-order valence-corrected chi connectivity index (χ0v) is 14.5. The lowest BCUT2D eigenvalue weighted by Gasteiger charge is -2.41. The van der Waals surface area contributed by atoms with E-state index in [1.165, 1.54) is 5.92 Å². The second-order valence-electron chi connectivity index (χ2n) is 5.65. The molecule has 0 aliphatic carbocycles. The average molecular weight is 331 g/mol. The van der Waals surface area contributed by atoms with E-state index in [-0.39, 0.29) is 0 Å². The molecule has 1 fully saturated rings. The van der Waals surface area contributed by atoms with Gasteiger partial charge in [-0.1, -0.05) is 37.0 Å². The van der Waals surface area contributed by atoms with Crippen molar-refractivity contribution in [2.75, 3.05) is 33.4 Å². The molecule has 3 nitrogen and oxygen atoms in total. The first-order valence-electron chi connectivity index (χ1n) is 7.18. The summed E-state index contributed by atoms with van der Waals surface area (Å²) in [5.41, 5.74) is 0.972. The molecule has 2 rings (SSSR count). The molecular weight excluding hydrogens is 309 g/mol. The average Bonchev–Trinajstić information content (AvgIpc) is 2.38. The Bertz CT molecular complexity index is 500. The van der Waals surface area contributed by atoms with E-state index in [0.29, 0.717) is 34.1 Å². The van der Waals surface area contributed by atoms with Crippen molar-refractivity contribution < 1.29 is 9.47 Å². The van der Waals surface area contributed by atoms with Gasteiger partial charge in [0.2, 0.25) is 0 Å². The molecule has 0 N–H and O–H groups in total. The van der Waals surface area contributed by atoms with E-state index in [9.17, 15) is 0 Å². The fraction of sp³-hybridized carbons (Fsp3) is 0.562. The minimum absolute atomic E-state index is 0.338. The molecule has 1 aromatic carbocycles. The highest BCUT2D eigenvalue weighted by Gasteiger charge is 2.34. The fourth-order valence-corrected chi connectivity index (χ4v) is 3.27. The van der Waals surface area contributed by atoms with Gasteiger partial charge in [-0.05, 0) is 12.8 Å². The van der Waals surface area contributed by atoms with Gasteiger partial charge in [-0.25, -0.2) is 0 Å². The minimum atomic E-state index is 0.338. The Labute approximate surface area is 137 Å². The summed E-state index contributed by atoms with van der Waals surface area (Å²) >= 11 is 12.7. The molecule has 1 saturated heterocycles. The van der Waals surface area contributed by atoms with Crippen LogP contribution in [0.3, 0.4) is 0 Å². The second kappa shape index (κ2) is 7.08. The molecule has 0 atom stereocenters. The quantitative estimate of drug-likeness (QED) is 0.770. The predicted octanol–water partition coefficient (Wildman–Crippen LogP) is 4.41. The first-order valence-corrected chi connectivity index (χ1v) is 7.93. The largest absolute Gasteiger partial charge is 0.493 e. The zero-order chi connectivity index (χ0) is 15.6. The predicted molar refractivity (Wildman–Crippen MR) is 88.0 cm³/mol. The smallest absolute Gasteiger partial charge is 0.165 e. The van der Waals surface area contributed by atoms with Crippen molar-refractivity contribution in [3.63, 3.8) is 0 Å². The van der Waals surface area contributed by atoms with Crippen LogP contribution in [0.4, 0.5) is 0 Å². The van der Waals surface area contributed by atoms with E-state index in [2.05, 4.69) is 18.7 Å². The van der Waals surface area contributed by atoms with Crippen LogP contribution in [-0.4, -0.2) is 38.3 Å². The first-order chi connectivity index (χ1) is 9.97. The highest BCUT2D eigenvalue weighted by Crippen LogP contribution is 2.47. The summed E-state index contributed by atoms with van der Waals surface area (Å²) in [7, 11) is 1.64. The van der Waals surface area contributed by atoms with Gasteiger partial charge in [0.1, 0.15) is 0 Å². The molecule has 21 heavy (non-hydrogen) atoms. The molecule has 0 unspecified atom stereocenters. The van der Waals surface area contributed by atoms with Gasteiger partial charge in [0, 0.05) is 37.2 Å². The van der Waals surface area contributed by atoms with Crippen LogP contribution in [0.2, 0.25) is 10.0 Å². The summed E-state index contributed by atoms with van der Waals surface area (Å²) in [5.74, 6) is 3.13. The van der Waals surface area contributed by atoms with Gasteiger partial charge >= 0.3 is 0 Å². The highest BCUT2D eigenvalue weighted by molar-refractivity contribution is 6.42. The van der Waals surface area contributed by atoms with Gasteiger partial charge in [0.05, 0.1) is 23.8 Å². The van der Waals surface area contributed by atoms with E-state index >= 15 is 0 Å². The minimum Gasteiger partial charge on any atom is -0.493 e. The van der Waals surface area contributed by atoms with Crippen molar-refractivity contribution in [3.8, 4) is 11.5 Å². The zero-order valence-electron chi connectivity index (χ0n) is 13.0. The van der Waals surface area contributed by atoms with Crippen LogP contribution in [0.25, 0.3) is 0 Å². The molecule has 1 radical (unpaired) electrons. The highest BCUT2D eigenvalue weighted by atomic mass is 35.5. The third-order valence-corrected chi connectivity index (χ3v) is 4.38. The Hall–Kier alpha value is -0.640. The van der Waals surface area contributed by atoms with Crippen molar-refractivity contribution in [2.45, 2.75) is 26.7 Å². The van der Waals surface area contributed by atoms with E-state index < -0.39 is 0 Å². The number of nitrogens with zero attached hydrogens (tertiary/aromatic N) is 1. The van der Waals surface area contributed by atoms with Gasteiger partial charge < -0.3 is 14.4 Å². The number of hydrogen-bond donors (Lipinski definition) is 0. The Kier molecular flexibility index (Phi) is 5.64. The maximum Gasteiger partial charge on any atom is 0.165 e. The Morgan fingerprint density at radius 2 is 2.00 bits per heavy atom. The molecule has 1 aliphatic rings. The maximum absolute atomic E-state index is 6.42. The number of rotatable bonds is 6. The van der Waals surface area contributed by atoms with Gasteiger partial charge in [-0.3, -0.25) is 0 Å². The maximum atomic E-state index is 6.42. The molecular formula is C16H22Cl2NO2. The summed E-state index contributed by atoms with van der Waals surface area (Å²) in [6.07, 6.45) is 0. The standard InChI is InChI=1S/C16H22Cl2NO2/c1-5-21-13-6-12(17)15(18)14(16(13)20-4)11-8-19(9-11)7-10(2)3/h6,11H,5,7-9H2,1-4H3. The summed E-state index contributed by atoms with van der Waals surface area (Å²) in [5, 5.41) is 1.10. The number of hydrogen-bond acceptors (Lipinski definition) is 3. The molecule has 1 aromatic rings. The Morgan fingerprint density at radius 3 is 2.52 bits per heavy atom. The number of halogens is 2. The van der Waals surface area contributed by atoms with Crippen LogP contribution in [-0.2, 0) is 0 Å². The molecule has 1 aliphatic heterocycles. The molecule has 1 heterocycles. The fourth-order valence-electron chi connectivity index (χ4n) is 2.77. The van der Waals surface area contributed by atoms with Crippen LogP contribution in [0, 0.1) is 5.92 Å². The van der Waals surface area contributed by atoms with Gasteiger partial charge in [0.15, 0.2) is 11.5 Å². The van der Waals surface area contributed by atoms with Crippen molar-refractivity contribution >= 4 is 23.2 Å². The lowest BCUT2D eigenvalue weighted by atomic mass is 9.89. The van der Waals surface area contributed by atoms with E-state index in [1.807, 2.05) is 6.92 Å². The van der Waals surface area contributed by atoms with Crippen LogP contribution >= 0.6 is 23.2 Å². The topological polar surface area (TPSA) is 21.7 Å². The van der Waals surface area contributed by atoms with Gasteiger partial charge in [0.25, 0.3) is 0 Å². The van der Waals surface area contributed by atoms with E-state index in [0.717, 1.165) is 25.2 Å². The van der Waals surface area contributed by atoms with E-state index in [1.54, 1.807) is 13.2 Å². The van der Waals surface area contributed by atoms with Crippen molar-refractivity contribution in [2.24, 2.45) is 0 Å². The first kappa shape index (κ1) is 16.7. The number of methoxy groups -OCH3 is 1. The molecule has 117 valence electrons. The van der Waals surface area contributed by atoms with Gasteiger partial charge in [-0.15, -0.1) is 0 Å². The number of likely N-dealkylation sites (tertiary alicyclic amines) is 1. The third kappa shape index (κ3) is 3.58. The van der Waals surface area contributed by atoms with Crippen molar-refractivity contribution in [1.82, 2.24) is 4.90 Å². The lowest BCUT2D eigenvalue weighted by Crippen LogP contribution is -2.46. The van der Waals surface area contributed by atoms with Gasteiger partial charge in [-0.2, -0.15) is 0 Å². The molecule has 0 bridgehead atoms. The van der Waals surface area contributed by atoms with Crippen LogP contribution in [0.1, 0.15) is 32.3 Å². The number of benzene rings is 1. The Morgan fingerprint density at radius 1 is 1.33 bits per heavy atom. The molecule has 5 heteroatoms. The van der Waals surface area contributed by atoms with Crippen LogP contribution in [0.15, 0.2) is 6.07 Å². The van der Waals surface area contributed by atoms with Crippen LogP contribution < -0.4 is 9.47 Å². The molecule has 0 saturated carbocycles. The summed E-state index contributed by atoms with van der Waals surface area (Å²) in [4.78, 5) is 2.39. The molecule has 0 amide bonds. The van der Waals surface area contributed by atoms with Crippen molar-refractivity contribution in [1.29, 1.82) is 0 Å². The number of ether oxygens (including phenoxy) is 2. The SMILES string of the molecule is CCOc1cc(Cl)c(Cl)c(C2CN(C[C](C)C)C2)c1OC. The normalized spacial score (nSPS) is 16.1. The lowest BCUT2D eigenvalue weighted by molar-refractivity contribution is 0.153. The van der Waals surface area contributed by atoms with Crippen LogP contribution in [0.5, 0.6) is 11.5 Å². The second-order valence-corrected chi connectivity index (χ2v) is 6.43. The monoisotopic (exact) mass is 330 g/mol. The summed E-state index contributed by atoms with van der Waals surface area (Å²) < 4.78 is 11.2. The third-order valence-electron chi connectivity index (χ3n) is 3.58. The molecule has 0 spiro atoms. The van der Waals surface area contributed by atoms with Crippen molar-refractivity contribution in [3.05, 3.63) is 27.6 Å². The molecule has 0 aromatic heterocycles. The van der Waals surface area contributed by atoms with E-state index in [4.69, 9.17) is 32.7 Å². The Balaban J connectivity index is 2.26. The summed E-state index contributed by atoms with van der Waals surface area (Å²) in [6.45, 7) is 9.75. The summed E-state index contributed by atoms with van der Waals surface area (Å²) in [6, 6.07) is 1.73.